The average Bonchev–Trinajstić information content (AvgIpc) is 2.90. The van der Waals surface area contributed by atoms with Crippen LogP contribution in [0.1, 0.15) is 18.9 Å². The lowest BCUT2D eigenvalue weighted by Crippen LogP contribution is -2.38. The van der Waals surface area contributed by atoms with Gasteiger partial charge in [-0.05, 0) is 54.4 Å². The van der Waals surface area contributed by atoms with Crippen molar-refractivity contribution in [3.8, 4) is 5.75 Å². The molecule has 0 spiro atoms. The molecule has 3 rings (SSSR count). The molecular formula is C20H18ClFN2O5S. The highest BCUT2D eigenvalue weighted by Crippen LogP contribution is 2.37. The molecule has 0 aliphatic carbocycles. The third kappa shape index (κ3) is 4.03. The SMILES string of the molecule is CCC1=C(c2ccc(OC)cc2)S(=O)(=O)N(CC(=O)Nc2ccc(F)cc2Cl)C1=O. The van der Waals surface area contributed by atoms with E-state index < -0.39 is 34.2 Å². The maximum atomic E-state index is 13.2. The van der Waals surface area contributed by atoms with E-state index in [2.05, 4.69) is 5.32 Å². The number of carbonyl (C=O) groups excluding carboxylic acids is 2. The van der Waals surface area contributed by atoms with E-state index in [0.29, 0.717) is 15.6 Å². The summed E-state index contributed by atoms with van der Waals surface area (Å²) in [6.07, 6.45) is 0.168. The molecule has 0 saturated carbocycles. The molecule has 2 aromatic carbocycles. The Morgan fingerprint density at radius 1 is 1.20 bits per heavy atom. The topological polar surface area (TPSA) is 92.8 Å². The van der Waals surface area contributed by atoms with Crippen LogP contribution in [-0.2, 0) is 19.6 Å². The minimum Gasteiger partial charge on any atom is -0.497 e. The van der Waals surface area contributed by atoms with Crippen LogP contribution < -0.4 is 10.1 Å². The van der Waals surface area contributed by atoms with Gasteiger partial charge in [-0.15, -0.1) is 0 Å². The lowest BCUT2D eigenvalue weighted by atomic mass is 10.1. The number of ether oxygens (including phenoxy) is 1. The summed E-state index contributed by atoms with van der Waals surface area (Å²) in [5.41, 5.74) is 0.518. The van der Waals surface area contributed by atoms with Crippen LogP contribution in [0, 0.1) is 5.82 Å². The molecule has 1 aliphatic rings. The maximum absolute atomic E-state index is 13.2. The van der Waals surface area contributed by atoms with Crippen LogP contribution in [0.3, 0.4) is 0 Å². The van der Waals surface area contributed by atoms with Gasteiger partial charge in [-0.1, -0.05) is 18.5 Å². The minimum absolute atomic E-state index is 0.0507. The number of nitrogens with zero attached hydrogens (tertiary/aromatic N) is 1. The number of rotatable bonds is 6. The number of nitrogens with one attached hydrogen (secondary N) is 1. The van der Waals surface area contributed by atoms with E-state index in [0.717, 1.165) is 12.1 Å². The van der Waals surface area contributed by atoms with Gasteiger partial charge in [0.25, 0.3) is 15.9 Å². The van der Waals surface area contributed by atoms with E-state index in [4.69, 9.17) is 16.3 Å². The summed E-state index contributed by atoms with van der Waals surface area (Å²) < 4.78 is 44.9. The second-order valence-electron chi connectivity index (χ2n) is 6.38. The Labute approximate surface area is 178 Å². The van der Waals surface area contributed by atoms with Gasteiger partial charge < -0.3 is 10.1 Å². The fraction of sp³-hybridized carbons (Fsp3) is 0.200. The minimum atomic E-state index is -4.25. The highest BCUT2D eigenvalue weighted by atomic mass is 35.5. The van der Waals surface area contributed by atoms with Crippen LogP contribution in [0.5, 0.6) is 5.75 Å². The normalized spacial score (nSPS) is 15.5. The molecule has 2 aromatic rings. The van der Waals surface area contributed by atoms with Crippen molar-refractivity contribution in [3.63, 3.8) is 0 Å². The van der Waals surface area contributed by atoms with Crippen molar-refractivity contribution in [1.82, 2.24) is 4.31 Å². The summed E-state index contributed by atoms with van der Waals surface area (Å²) in [7, 11) is -2.76. The molecule has 10 heteroatoms. The van der Waals surface area contributed by atoms with Crippen molar-refractivity contribution < 1.29 is 27.1 Å². The predicted molar refractivity (Wildman–Crippen MR) is 111 cm³/mol. The Bertz CT molecular complexity index is 1150. The Morgan fingerprint density at radius 3 is 2.43 bits per heavy atom. The van der Waals surface area contributed by atoms with E-state index in [9.17, 15) is 22.4 Å². The highest BCUT2D eigenvalue weighted by Gasteiger charge is 2.44. The van der Waals surface area contributed by atoms with E-state index in [-0.39, 0.29) is 27.6 Å². The molecule has 0 saturated heterocycles. The number of halogens is 2. The second-order valence-corrected chi connectivity index (χ2v) is 8.59. The van der Waals surface area contributed by atoms with Crippen molar-refractivity contribution >= 4 is 44.0 Å². The number of benzene rings is 2. The largest absolute Gasteiger partial charge is 0.497 e. The third-order valence-electron chi connectivity index (χ3n) is 4.51. The summed E-state index contributed by atoms with van der Waals surface area (Å²) in [5, 5.41) is 2.34. The number of anilines is 1. The van der Waals surface area contributed by atoms with Crippen LogP contribution >= 0.6 is 11.6 Å². The molecular weight excluding hydrogens is 435 g/mol. The molecule has 158 valence electrons. The van der Waals surface area contributed by atoms with Crippen molar-refractivity contribution in [1.29, 1.82) is 0 Å². The summed E-state index contributed by atoms with van der Waals surface area (Å²) in [4.78, 5) is 25.0. The average molecular weight is 453 g/mol. The maximum Gasteiger partial charge on any atom is 0.268 e. The zero-order chi connectivity index (χ0) is 22.1. The van der Waals surface area contributed by atoms with Crippen LogP contribution in [0.15, 0.2) is 48.0 Å². The lowest BCUT2D eigenvalue weighted by molar-refractivity contribution is -0.126. The highest BCUT2D eigenvalue weighted by molar-refractivity contribution is 7.99. The van der Waals surface area contributed by atoms with Gasteiger partial charge >= 0.3 is 0 Å². The summed E-state index contributed by atoms with van der Waals surface area (Å²) >= 11 is 5.88. The Hall–Kier alpha value is -2.91. The first-order valence-corrected chi connectivity index (χ1v) is 10.7. The van der Waals surface area contributed by atoms with Gasteiger partial charge in [0, 0.05) is 5.57 Å². The lowest BCUT2D eigenvalue weighted by Gasteiger charge is -2.17. The molecule has 0 aromatic heterocycles. The Balaban J connectivity index is 1.88. The first-order chi connectivity index (χ1) is 14.2. The van der Waals surface area contributed by atoms with Gasteiger partial charge in [0.05, 0.1) is 17.8 Å². The fourth-order valence-electron chi connectivity index (χ4n) is 3.07. The van der Waals surface area contributed by atoms with E-state index in [1.165, 1.54) is 25.3 Å². The van der Waals surface area contributed by atoms with Gasteiger partial charge in [-0.3, -0.25) is 9.59 Å². The van der Waals surface area contributed by atoms with Gasteiger partial charge in [-0.25, -0.2) is 17.1 Å². The van der Waals surface area contributed by atoms with Gasteiger partial charge in [-0.2, -0.15) is 0 Å². The Kier molecular flexibility index (Phi) is 6.14. The number of methoxy groups -OCH3 is 1. The first-order valence-electron chi connectivity index (χ1n) is 8.88. The van der Waals surface area contributed by atoms with Crippen molar-refractivity contribution in [2.45, 2.75) is 13.3 Å². The number of sulfonamides is 1. The monoisotopic (exact) mass is 452 g/mol. The van der Waals surface area contributed by atoms with Gasteiger partial charge in [0.1, 0.15) is 23.0 Å². The molecule has 7 nitrogen and oxygen atoms in total. The Morgan fingerprint density at radius 2 is 1.87 bits per heavy atom. The number of hydrogen-bond acceptors (Lipinski definition) is 5. The zero-order valence-corrected chi connectivity index (χ0v) is 17.7. The molecule has 0 bridgehead atoms. The molecule has 1 heterocycles. The summed E-state index contributed by atoms with van der Waals surface area (Å²) in [6.45, 7) is 0.923. The fourth-order valence-corrected chi connectivity index (χ4v) is 5.10. The van der Waals surface area contributed by atoms with E-state index in [1.807, 2.05) is 0 Å². The zero-order valence-electron chi connectivity index (χ0n) is 16.1. The van der Waals surface area contributed by atoms with Gasteiger partial charge in [0.2, 0.25) is 5.91 Å². The standard InChI is InChI=1S/C20H18ClFN2O5S/c1-3-15-19(12-4-7-14(29-2)8-5-12)30(27,28)24(20(15)26)11-18(25)23-17-9-6-13(22)10-16(17)21/h4-10H,3,11H2,1-2H3,(H,23,25). The first kappa shape index (κ1) is 21.8. The molecule has 0 fully saturated rings. The molecule has 1 N–H and O–H groups in total. The van der Waals surface area contributed by atoms with Crippen molar-refractivity contribution in [2.24, 2.45) is 0 Å². The molecule has 0 atom stereocenters. The van der Waals surface area contributed by atoms with Crippen LogP contribution in [0.2, 0.25) is 5.02 Å². The summed E-state index contributed by atoms with van der Waals surface area (Å²) in [5.74, 6) is -1.60. The molecule has 2 amide bonds. The van der Waals surface area contributed by atoms with Crippen molar-refractivity contribution in [3.05, 3.63) is 64.4 Å². The smallest absolute Gasteiger partial charge is 0.268 e. The van der Waals surface area contributed by atoms with Crippen LogP contribution in [0.4, 0.5) is 10.1 Å². The number of carbonyl (C=O) groups is 2. The van der Waals surface area contributed by atoms with Crippen LogP contribution in [0.25, 0.3) is 4.91 Å². The van der Waals surface area contributed by atoms with E-state index >= 15 is 0 Å². The third-order valence-corrected chi connectivity index (χ3v) is 6.69. The quantitative estimate of drug-likeness (QED) is 0.725. The second kappa shape index (κ2) is 8.45. The number of hydrogen-bond donors (Lipinski definition) is 1. The predicted octanol–water partition coefficient (Wildman–Crippen LogP) is 3.42. The summed E-state index contributed by atoms with van der Waals surface area (Å²) in [6, 6.07) is 9.59. The van der Waals surface area contributed by atoms with Gasteiger partial charge in [0.15, 0.2) is 0 Å². The van der Waals surface area contributed by atoms with E-state index in [1.54, 1.807) is 19.1 Å². The van der Waals surface area contributed by atoms with Crippen molar-refractivity contribution in [2.75, 3.05) is 19.0 Å². The molecule has 1 aliphatic heterocycles. The molecule has 0 radical (unpaired) electrons. The molecule has 30 heavy (non-hydrogen) atoms. The number of amides is 2. The molecule has 0 unspecified atom stereocenters. The van der Waals surface area contributed by atoms with Crippen LogP contribution in [-0.4, -0.2) is 38.2 Å².